The maximum absolute atomic E-state index is 11.5. The maximum Gasteiger partial charge on any atom is 0.335 e. The number of carbonyl (C=O) groups is 1. The Balaban J connectivity index is 1.51. The third-order valence-corrected chi connectivity index (χ3v) is 8.28. The molecule has 0 aromatic rings. The summed E-state index contributed by atoms with van der Waals surface area (Å²) >= 11 is 0. The van der Waals surface area contributed by atoms with Crippen LogP contribution in [0.2, 0.25) is 0 Å². The largest absolute Gasteiger partial charge is 0.479 e. The van der Waals surface area contributed by atoms with Crippen LogP contribution in [0.15, 0.2) is 0 Å². The summed E-state index contributed by atoms with van der Waals surface area (Å²) in [7, 11) is 0. The zero-order valence-corrected chi connectivity index (χ0v) is 22.9. The molecule has 4 aliphatic rings. The van der Waals surface area contributed by atoms with Gasteiger partial charge in [0.2, 0.25) is 0 Å². The molecule has 18 N–H and O–H groups in total. The molecule has 3 heterocycles. The first kappa shape index (κ1) is 34.6. The molecular formula is C23H43N5O15. The van der Waals surface area contributed by atoms with Crippen molar-refractivity contribution in [3.8, 4) is 0 Å². The molecule has 0 unspecified atom stereocenters. The van der Waals surface area contributed by atoms with Gasteiger partial charge in [-0.15, -0.1) is 0 Å². The van der Waals surface area contributed by atoms with Gasteiger partial charge in [0, 0.05) is 18.6 Å². The van der Waals surface area contributed by atoms with Crippen molar-refractivity contribution in [3.05, 3.63) is 0 Å². The van der Waals surface area contributed by atoms with Crippen LogP contribution in [-0.2, 0) is 33.2 Å². The molecule has 0 aromatic heterocycles. The number of carboxylic acids is 1. The number of carboxylic acid groups (broad SMARTS) is 1. The Morgan fingerprint density at radius 1 is 0.651 bits per heavy atom. The maximum atomic E-state index is 11.5. The molecule has 3 aliphatic heterocycles. The van der Waals surface area contributed by atoms with Gasteiger partial charge in [-0.05, 0) is 6.42 Å². The number of aliphatic hydroxyl groups excluding tert-OH is 7. The fourth-order valence-corrected chi connectivity index (χ4v) is 5.68. The third-order valence-electron chi connectivity index (χ3n) is 8.28. The van der Waals surface area contributed by atoms with Crippen molar-refractivity contribution in [2.24, 2.45) is 28.7 Å². The van der Waals surface area contributed by atoms with Gasteiger partial charge >= 0.3 is 5.97 Å². The molecule has 1 aliphatic carbocycles. The van der Waals surface area contributed by atoms with Crippen molar-refractivity contribution in [1.29, 1.82) is 0 Å². The second-order valence-electron chi connectivity index (χ2n) is 11.2. The summed E-state index contributed by atoms with van der Waals surface area (Å²) in [6.45, 7) is -0.883. The van der Waals surface area contributed by atoms with Crippen LogP contribution in [-0.4, -0.2) is 176 Å². The van der Waals surface area contributed by atoms with Crippen LogP contribution < -0.4 is 28.7 Å². The summed E-state index contributed by atoms with van der Waals surface area (Å²) in [6, 6.07) is -4.64. The van der Waals surface area contributed by atoms with Gasteiger partial charge in [-0.25, -0.2) is 4.79 Å². The van der Waals surface area contributed by atoms with Gasteiger partial charge in [0.25, 0.3) is 0 Å². The summed E-state index contributed by atoms with van der Waals surface area (Å²) in [5.74, 6) is -1.60. The van der Waals surface area contributed by atoms with Gasteiger partial charge < -0.3 is 97.9 Å². The Morgan fingerprint density at radius 3 is 1.77 bits per heavy atom. The highest BCUT2D eigenvalue weighted by Gasteiger charge is 2.54. The van der Waals surface area contributed by atoms with E-state index in [1.165, 1.54) is 0 Å². The first-order valence-corrected chi connectivity index (χ1v) is 13.8. The molecule has 20 heteroatoms. The molecule has 0 spiro atoms. The molecule has 20 nitrogen and oxygen atoms in total. The number of ether oxygens (including phenoxy) is 6. The Labute approximate surface area is 245 Å². The van der Waals surface area contributed by atoms with Crippen molar-refractivity contribution in [2.45, 2.75) is 123 Å². The van der Waals surface area contributed by atoms with E-state index in [1.807, 2.05) is 0 Å². The van der Waals surface area contributed by atoms with Crippen LogP contribution in [0.4, 0.5) is 0 Å². The van der Waals surface area contributed by atoms with Crippen molar-refractivity contribution in [2.75, 3.05) is 13.2 Å². The number of hydrogen-bond acceptors (Lipinski definition) is 19. The summed E-state index contributed by atoms with van der Waals surface area (Å²) in [4.78, 5) is 11.5. The second-order valence-corrected chi connectivity index (χ2v) is 11.2. The first-order valence-electron chi connectivity index (χ1n) is 13.8. The number of nitrogens with two attached hydrogens (primary N) is 5. The van der Waals surface area contributed by atoms with E-state index in [0.717, 1.165) is 0 Å². The van der Waals surface area contributed by atoms with Crippen molar-refractivity contribution in [1.82, 2.24) is 0 Å². The van der Waals surface area contributed by atoms with Crippen molar-refractivity contribution < 1.29 is 74.1 Å². The number of rotatable bonds is 9. The van der Waals surface area contributed by atoms with Crippen LogP contribution in [0, 0.1) is 0 Å². The molecular weight excluding hydrogens is 586 g/mol. The quantitative estimate of drug-likeness (QED) is 0.112. The standard InChI is InChI=1S/C23H43N5O15/c24-2-6-11(31)12(32)8(27)21(38-6)41-17-7(3-29)39-23(15(17)35)42-18-10(30)4(25)1-5(26)16(18)40-22-9(28)13(33)14(34)19(43-22)20(36)37/h4-19,21-23,29-35H,1-3,24-28H2,(H,36,37)/t4-,5+,6+,7-,8-,9-,10+,11-,12-,13-,14+,15-,16-,17-,18-,19+,21-,22+,23+/m1/s1. The molecule has 3 saturated heterocycles. The molecule has 250 valence electrons. The molecule has 19 atom stereocenters. The van der Waals surface area contributed by atoms with E-state index in [4.69, 9.17) is 57.1 Å². The Hall–Kier alpha value is -1.25. The fraction of sp³-hybridized carbons (Fsp3) is 0.957. The summed E-state index contributed by atoms with van der Waals surface area (Å²) in [5.41, 5.74) is 29.8. The second kappa shape index (κ2) is 14.0. The topological polar surface area (TPSA) is 364 Å². The summed E-state index contributed by atoms with van der Waals surface area (Å²) in [6.07, 6.45) is -22.7. The van der Waals surface area contributed by atoms with Gasteiger partial charge in [0.05, 0.1) is 24.8 Å². The lowest BCUT2D eigenvalue weighted by atomic mass is 9.84. The normalized spacial score (nSPS) is 52.7. The fourth-order valence-electron chi connectivity index (χ4n) is 5.68. The highest BCUT2D eigenvalue weighted by molar-refractivity contribution is 5.73. The smallest absolute Gasteiger partial charge is 0.335 e. The SMILES string of the molecule is NC[C@@H]1O[C@H](O[C@H]2[C@@H](O)[C@H](O[C@@H]3[C@@H](O)[C@H](N)C[C@H](N)[C@H]3O[C@H]3O[C@H](C(=O)O)[C@@H](O)[C@H](O)[C@H]3N)O[C@@H]2CO)[C@H](N)[C@@H](O)[C@@H]1O. The van der Waals surface area contributed by atoms with Crippen LogP contribution in [0.5, 0.6) is 0 Å². The van der Waals surface area contributed by atoms with E-state index in [9.17, 15) is 45.6 Å². The zero-order chi connectivity index (χ0) is 31.9. The average molecular weight is 630 g/mol. The van der Waals surface area contributed by atoms with E-state index in [-0.39, 0.29) is 13.0 Å². The first-order chi connectivity index (χ1) is 20.2. The minimum absolute atomic E-state index is 0.00629. The number of aliphatic carboxylic acids is 1. The Bertz CT molecular complexity index is 942. The lowest BCUT2D eigenvalue weighted by molar-refractivity contribution is -0.306. The molecule has 0 radical (unpaired) electrons. The van der Waals surface area contributed by atoms with Gasteiger partial charge in [-0.3, -0.25) is 0 Å². The molecule has 0 aromatic carbocycles. The lowest BCUT2D eigenvalue weighted by Crippen LogP contribution is -2.68. The Morgan fingerprint density at radius 2 is 1.19 bits per heavy atom. The summed E-state index contributed by atoms with van der Waals surface area (Å²) in [5, 5.41) is 82.0. The molecule has 4 rings (SSSR count). The average Bonchev–Trinajstić information content (AvgIpc) is 3.26. The molecule has 0 amide bonds. The third kappa shape index (κ3) is 6.82. The van der Waals surface area contributed by atoms with Gasteiger partial charge in [-0.1, -0.05) is 0 Å². The van der Waals surface area contributed by atoms with E-state index in [2.05, 4.69) is 0 Å². The lowest BCUT2D eigenvalue weighted by Gasteiger charge is -2.46. The van der Waals surface area contributed by atoms with E-state index in [1.54, 1.807) is 0 Å². The predicted molar refractivity (Wildman–Crippen MR) is 137 cm³/mol. The van der Waals surface area contributed by atoms with Crippen LogP contribution in [0.1, 0.15) is 6.42 Å². The zero-order valence-electron chi connectivity index (χ0n) is 22.9. The van der Waals surface area contributed by atoms with E-state index < -0.39 is 129 Å². The van der Waals surface area contributed by atoms with Gasteiger partial charge in [0.15, 0.2) is 25.0 Å². The Kier molecular flexibility index (Phi) is 11.3. The molecule has 0 bridgehead atoms. The monoisotopic (exact) mass is 629 g/mol. The molecule has 1 saturated carbocycles. The van der Waals surface area contributed by atoms with Crippen LogP contribution in [0.3, 0.4) is 0 Å². The number of hydrogen-bond donors (Lipinski definition) is 13. The van der Waals surface area contributed by atoms with Crippen LogP contribution in [0.25, 0.3) is 0 Å². The minimum Gasteiger partial charge on any atom is -0.479 e. The number of aliphatic hydroxyl groups is 7. The van der Waals surface area contributed by atoms with Crippen molar-refractivity contribution >= 4 is 5.97 Å². The van der Waals surface area contributed by atoms with Gasteiger partial charge in [0.1, 0.15) is 61.0 Å². The highest BCUT2D eigenvalue weighted by atomic mass is 16.8. The predicted octanol–water partition coefficient (Wildman–Crippen LogP) is -8.77. The molecule has 43 heavy (non-hydrogen) atoms. The summed E-state index contributed by atoms with van der Waals surface area (Å²) < 4.78 is 34.0. The van der Waals surface area contributed by atoms with Crippen molar-refractivity contribution in [3.63, 3.8) is 0 Å². The highest BCUT2D eigenvalue weighted by Crippen LogP contribution is 2.34. The molecule has 4 fully saturated rings. The van der Waals surface area contributed by atoms with E-state index >= 15 is 0 Å². The van der Waals surface area contributed by atoms with E-state index in [0.29, 0.717) is 0 Å². The van der Waals surface area contributed by atoms with Crippen LogP contribution >= 0.6 is 0 Å². The minimum atomic E-state index is -1.90. The van der Waals surface area contributed by atoms with Gasteiger partial charge in [-0.2, -0.15) is 0 Å².